The van der Waals surface area contributed by atoms with E-state index in [2.05, 4.69) is 15.2 Å². The predicted molar refractivity (Wildman–Crippen MR) is 56.1 cm³/mol. The maximum atomic E-state index is 12.7. The molecular formula is C10H11FN4. The number of aromatic nitrogens is 3. The maximum absolute atomic E-state index is 12.7. The molecule has 2 rings (SSSR count). The van der Waals surface area contributed by atoms with Crippen molar-refractivity contribution in [3.8, 4) is 11.4 Å². The molecule has 0 saturated heterocycles. The van der Waals surface area contributed by atoms with Crippen molar-refractivity contribution < 1.29 is 4.39 Å². The molecule has 1 heterocycles. The molecule has 1 aromatic heterocycles. The second kappa shape index (κ2) is 3.68. The van der Waals surface area contributed by atoms with E-state index in [0.29, 0.717) is 11.8 Å². The summed E-state index contributed by atoms with van der Waals surface area (Å²) in [6.07, 6.45) is 0. The van der Waals surface area contributed by atoms with Gasteiger partial charge in [0.05, 0.1) is 0 Å². The standard InChI is InChI=1S/C10H11FN4/c1-15(2)10-12-9(13-14-10)7-3-5-8(11)6-4-7/h3-6H,1-2H3,(H,12,13,14). The highest BCUT2D eigenvalue weighted by atomic mass is 19.1. The Labute approximate surface area is 86.8 Å². The third-order valence-electron chi connectivity index (χ3n) is 1.99. The molecule has 0 amide bonds. The van der Waals surface area contributed by atoms with Crippen LogP contribution in [-0.4, -0.2) is 29.3 Å². The Bertz CT molecular complexity index is 447. The summed E-state index contributed by atoms with van der Waals surface area (Å²) in [7, 11) is 3.72. The lowest BCUT2D eigenvalue weighted by atomic mass is 10.2. The summed E-state index contributed by atoms with van der Waals surface area (Å²) in [6.45, 7) is 0. The van der Waals surface area contributed by atoms with Crippen molar-refractivity contribution in [2.45, 2.75) is 0 Å². The summed E-state index contributed by atoms with van der Waals surface area (Å²) in [5, 5.41) is 6.81. The second-order valence-corrected chi connectivity index (χ2v) is 3.39. The fraction of sp³-hybridized carbons (Fsp3) is 0.200. The highest BCUT2D eigenvalue weighted by Gasteiger charge is 2.06. The van der Waals surface area contributed by atoms with Crippen molar-refractivity contribution in [2.24, 2.45) is 0 Å². The van der Waals surface area contributed by atoms with Crippen LogP contribution in [0.5, 0.6) is 0 Å². The number of anilines is 1. The minimum absolute atomic E-state index is 0.258. The number of hydrogen-bond donors (Lipinski definition) is 1. The van der Waals surface area contributed by atoms with Crippen molar-refractivity contribution in [3.05, 3.63) is 30.1 Å². The molecule has 4 nitrogen and oxygen atoms in total. The Morgan fingerprint density at radius 2 is 1.87 bits per heavy atom. The van der Waals surface area contributed by atoms with Crippen molar-refractivity contribution in [3.63, 3.8) is 0 Å². The van der Waals surface area contributed by atoms with E-state index in [9.17, 15) is 4.39 Å². The van der Waals surface area contributed by atoms with Gasteiger partial charge in [-0.05, 0) is 24.3 Å². The Balaban J connectivity index is 2.33. The first kappa shape index (κ1) is 9.64. The summed E-state index contributed by atoms with van der Waals surface area (Å²) in [4.78, 5) is 6.04. The molecule has 0 aliphatic rings. The van der Waals surface area contributed by atoms with Crippen molar-refractivity contribution in [2.75, 3.05) is 19.0 Å². The molecular weight excluding hydrogens is 195 g/mol. The molecule has 1 aromatic carbocycles. The number of H-pyrrole nitrogens is 1. The maximum Gasteiger partial charge on any atom is 0.244 e. The van der Waals surface area contributed by atoms with Gasteiger partial charge in [-0.3, -0.25) is 5.10 Å². The van der Waals surface area contributed by atoms with E-state index in [1.807, 2.05) is 14.1 Å². The molecule has 2 aromatic rings. The van der Waals surface area contributed by atoms with Crippen LogP contribution in [0.4, 0.5) is 10.3 Å². The average molecular weight is 206 g/mol. The van der Waals surface area contributed by atoms with Gasteiger partial charge in [-0.2, -0.15) is 4.98 Å². The van der Waals surface area contributed by atoms with E-state index in [0.717, 1.165) is 5.56 Å². The minimum Gasteiger partial charge on any atom is -0.346 e. The third-order valence-corrected chi connectivity index (χ3v) is 1.99. The highest BCUT2D eigenvalue weighted by molar-refractivity contribution is 5.55. The lowest BCUT2D eigenvalue weighted by Gasteiger charge is -2.03. The zero-order valence-electron chi connectivity index (χ0n) is 8.53. The zero-order valence-corrected chi connectivity index (χ0v) is 8.53. The fourth-order valence-electron chi connectivity index (χ4n) is 1.19. The average Bonchev–Trinajstić information content (AvgIpc) is 2.68. The first-order valence-corrected chi connectivity index (χ1v) is 4.52. The lowest BCUT2D eigenvalue weighted by Crippen LogP contribution is -2.10. The largest absolute Gasteiger partial charge is 0.346 e. The van der Waals surface area contributed by atoms with Crippen LogP contribution < -0.4 is 4.90 Å². The number of hydrogen-bond acceptors (Lipinski definition) is 3. The van der Waals surface area contributed by atoms with Crippen LogP contribution >= 0.6 is 0 Å². The van der Waals surface area contributed by atoms with E-state index >= 15 is 0 Å². The Morgan fingerprint density at radius 3 is 2.40 bits per heavy atom. The van der Waals surface area contributed by atoms with Crippen LogP contribution in [0.1, 0.15) is 0 Å². The van der Waals surface area contributed by atoms with Gasteiger partial charge in [0.2, 0.25) is 5.95 Å². The van der Waals surface area contributed by atoms with Crippen LogP contribution in [0.3, 0.4) is 0 Å². The van der Waals surface area contributed by atoms with Gasteiger partial charge >= 0.3 is 0 Å². The Morgan fingerprint density at radius 1 is 1.20 bits per heavy atom. The minimum atomic E-state index is -0.258. The van der Waals surface area contributed by atoms with Gasteiger partial charge in [0.1, 0.15) is 5.82 Å². The molecule has 1 N–H and O–H groups in total. The number of nitrogens with one attached hydrogen (secondary N) is 1. The quantitative estimate of drug-likeness (QED) is 0.813. The number of aromatic amines is 1. The number of rotatable bonds is 2. The van der Waals surface area contributed by atoms with Gasteiger partial charge < -0.3 is 4.90 Å². The SMILES string of the molecule is CN(C)c1n[nH]c(-c2ccc(F)cc2)n1. The molecule has 0 aliphatic heterocycles. The van der Waals surface area contributed by atoms with Crippen LogP contribution in [0.15, 0.2) is 24.3 Å². The van der Waals surface area contributed by atoms with Gasteiger partial charge in [-0.15, -0.1) is 5.10 Å². The van der Waals surface area contributed by atoms with E-state index in [-0.39, 0.29) is 5.82 Å². The third kappa shape index (κ3) is 1.96. The van der Waals surface area contributed by atoms with Gasteiger partial charge in [0.25, 0.3) is 0 Å². The zero-order chi connectivity index (χ0) is 10.8. The monoisotopic (exact) mass is 206 g/mol. The van der Waals surface area contributed by atoms with Crippen LogP contribution in [0.2, 0.25) is 0 Å². The van der Waals surface area contributed by atoms with E-state index < -0.39 is 0 Å². The van der Waals surface area contributed by atoms with E-state index in [1.54, 1.807) is 17.0 Å². The molecule has 0 fully saturated rings. The highest BCUT2D eigenvalue weighted by Crippen LogP contribution is 2.16. The molecule has 0 bridgehead atoms. The van der Waals surface area contributed by atoms with Gasteiger partial charge in [0, 0.05) is 19.7 Å². The van der Waals surface area contributed by atoms with Gasteiger partial charge in [-0.1, -0.05) is 0 Å². The molecule has 15 heavy (non-hydrogen) atoms. The first-order chi connectivity index (χ1) is 7.16. The molecule has 0 aliphatic carbocycles. The van der Waals surface area contributed by atoms with Crippen molar-refractivity contribution >= 4 is 5.95 Å². The Hall–Kier alpha value is -1.91. The van der Waals surface area contributed by atoms with E-state index in [4.69, 9.17) is 0 Å². The lowest BCUT2D eigenvalue weighted by molar-refractivity contribution is 0.628. The molecule has 0 radical (unpaired) electrons. The second-order valence-electron chi connectivity index (χ2n) is 3.39. The number of benzene rings is 1. The summed E-state index contributed by atoms with van der Waals surface area (Å²) in [6, 6.07) is 6.12. The van der Waals surface area contributed by atoms with Crippen molar-refractivity contribution in [1.82, 2.24) is 15.2 Å². The summed E-state index contributed by atoms with van der Waals surface area (Å²) < 4.78 is 12.7. The normalized spacial score (nSPS) is 10.3. The number of halogens is 1. The summed E-state index contributed by atoms with van der Waals surface area (Å²) >= 11 is 0. The summed E-state index contributed by atoms with van der Waals surface area (Å²) in [5.74, 6) is 0.985. The molecule has 0 saturated carbocycles. The number of nitrogens with zero attached hydrogens (tertiary/aromatic N) is 3. The molecule has 0 unspecified atom stereocenters. The van der Waals surface area contributed by atoms with E-state index in [1.165, 1.54) is 12.1 Å². The topological polar surface area (TPSA) is 44.8 Å². The fourth-order valence-corrected chi connectivity index (χ4v) is 1.19. The molecule has 78 valence electrons. The smallest absolute Gasteiger partial charge is 0.244 e. The molecule has 5 heteroatoms. The molecule has 0 atom stereocenters. The van der Waals surface area contributed by atoms with Gasteiger partial charge in [-0.25, -0.2) is 4.39 Å². The first-order valence-electron chi connectivity index (χ1n) is 4.52. The van der Waals surface area contributed by atoms with Crippen molar-refractivity contribution in [1.29, 1.82) is 0 Å². The molecule has 0 spiro atoms. The van der Waals surface area contributed by atoms with Gasteiger partial charge in [0.15, 0.2) is 5.82 Å². The Kier molecular flexibility index (Phi) is 2.37. The summed E-state index contributed by atoms with van der Waals surface area (Å²) in [5.41, 5.74) is 0.817. The van der Waals surface area contributed by atoms with Crippen LogP contribution in [0, 0.1) is 5.82 Å². The predicted octanol–water partition coefficient (Wildman–Crippen LogP) is 1.68. The van der Waals surface area contributed by atoms with Crippen LogP contribution in [-0.2, 0) is 0 Å². The van der Waals surface area contributed by atoms with Crippen LogP contribution in [0.25, 0.3) is 11.4 Å².